The second kappa shape index (κ2) is 5.05. The van der Waals surface area contributed by atoms with Gasteiger partial charge in [-0.1, -0.05) is 12.1 Å². The summed E-state index contributed by atoms with van der Waals surface area (Å²) in [6.07, 6.45) is 3.06. The highest BCUT2D eigenvalue weighted by atomic mass is 16.5. The Labute approximate surface area is 121 Å². The second-order valence-corrected chi connectivity index (χ2v) is 5.00. The number of nitrogens with one attached hydrogen (secondary N) is 1. The maximum atomic E-state index is 12.3. The summed E-state index contributed by atoms with van der Waals surface area (Å²) in [6, 6.07) is 6.29. The number of amides is 4. The van der Waals surface area contributed by atoms with Crippen LogP contribution in [0.25, 0.3) is 6.08 Å². The van der Waals surface area contributed by atoms with Crippen molar-refractivity contribution in [1.29, 1.82) is 0 Å². The van der Waals surface area contributed by atoms with E-state index in [-0.39, 0.29) is 11.6 Å². The van der Waals surface area contributed by atoms with Crippen molar-refractivity contribution in [3.8, 4) is 5.75 Å². The first-order valence-corrected chi connectivity index (χ1v) is 6.65. The Morgan fingerprint density at radius 3 is 2.71 bits per heavy atom. The Hall–Kier alpha value is -2.63. The van der Waals surface area contributed by atoms with E-state index < -0.39 is 17.8 Å². The minimum absolute atomic E-state index is 0.0326. The van der Waals surface area contributed by atoms with Crippen molar-refractivity contribution in [2.45, 2.75) is 18.9 Å². The zero-order chi connectivity index (χ0) is 15.0. The summed E-state index contributed by atoms with van der Waals surface area (Å²) in [5.74, 6) is -0.568. The average molecular weight is 286 g/mol. The summed E-state index contributed by atoms with van der Waals surface area (Å²) in [7, 11) is 1.54. The van der Waals surface area contributed by atoms with E-state index in [4.69, 9.17) is 4.74 Å². The molecule has 108 valence electrons. The third-order valence-corrected chi connectivity index (χ3v) is 3.45. The molecule has 6 nitrogen and oxygen atoms in total. The van der Waals surface area contributed by atoms with Crippen LogP contribution in [0.5, 0.6) is 5.75 Å². The molecular weight excluding hydrogens is 272 g/mol. The van der Waals surface area contributed by atoms with E-state index in [0.717, 1.165) is 17.7 Å². The standard InChI is InChI=1S/C15H14N2O4/c1-21-11-4-2-3-9(7-11)8-12-13(18)16-15(20)17(14(12)19)10-5-6-10/h2-4,7-8,10H,5-6H2,1H3,(H,16,18,20). The van der Waals surface area contributed by atoms with Crippen molar-refractivity contribution in [3.63, 3.8) is 0 Å². The molecule has 1 aromatic rings. The maximum Gasteiger partial charge on any atom is 0.331 e. The average Bonchev–Trinajstić information content (AvgIpc) is 3.28. The van der Waals surface area contributed by atoms with Gasteiger partial charge in [-0.2, -0.15) is 0 Å². The number of imide groups is 2. The lowest BCUT2D eigenvalue weighted by Gasteiger charge is -2.26. The smallest absolute Gasteiger partial charge is 0.331 e. The van der Waals surface area contributed by atoms with Crippen LogP contribution < -0.4 is 10.1 Å². The number of carbonyl (C=O) groups excluding carboxylic acids is 3. The third-order valence-electron chi connectivity index (χ3n) is 3.45. The Bertz CT molecular complexity index is 661. The van der Waals surface area contributed by atoms with Crippen LogP contribution in [0.2, 0.25) is 0 Å². The highest BCUT2D eigenvalue weighted by molar-refractivity contribution is 6.31. The van der Waals surface area contributed by atoms with Gasteiger partial charge in [0, 0.05) is 6.04 Å². The van der Waals surface area contributed by atoms with Crippen molar-refractivity contribution in [2.24, 2.45) is 0 Å². The summed E-state index contributed by atoms with van der Waals surface area (Å²) in [5.41, 5.74) is 0.632. The summed E-state index contributed by atoms with van der Waals surface area (Å²) in [6.45, 7) is 0. The second-order valence-electron chi connectivity index (χ2n) is 5.00. The number of barbiturate groups is 1. The topological polar surface area (TPSA) is 75.7 Å². The number of nitrogens with zero attached hydrogens (tertiary/aromatic N) is 1. The number of benzene rings is 1. The van der Waals surface area contributed by atoms with Crippen LogP contribution in [0.3, 0.4) is 0 Å². The van der Waals surface area contributed by atoms with E-state index in [0.29, 0.717) is 11.3 Å². The number of carbonyl (C=O) groups is 3. The first-order chi connectivity index (χ1) is 10.1. The molecule has 2 aliphatic rings. The number of ether oxygens (including phenoxy) is 1. The molecular formula is C15H14N2O4. The molecule has 0 unspecified atom stereocenters. The van der Waals surface area contributed by atoms with E-state index in [1.165, 1.54) is 13.2 Å². The minimum atomic E-state index is -0.662. The van der Waals surface area contributed by atoms with E-state index >= 15 is 0 Å². The van der Waals surface area contributed by atoms with Crippen LogP contribution >= 0.6 is 0 Å². The summed E-state index contributed by atoms with van der Waals surface area (Å²) in [5, 5.41) is 2.21. The predicted molar refractivity (Wildman–Crippen MR) is 74.4 cm³/mol. The van der Waals surface area contributed by atoms with Gasteiger partial charge in [0.05, 0.1) is 7.11 Å². The van der Waals surface area contributed by atoms with Crippen LogP contribution in [0, 0.1) is 0 Å². The fourth-order valence-corrected chi connectivity index (χ4v) is 2.23. The maximum absolute atomic E-state index is 12.3. The van der Waals surface area contributed by atoms with Crippen molar-refractivity contribution in [2.75, 3.05) is 7.11 Å². The molecule has 1 saturated heterocycles. The van der Waals surface area contributed by atoms with Crippen molar-refractivity contribution < 1.29 is 19.1 Å². The molecule has 0 aromatic heterocycles. The Balaban J connectivity index is 1.94. The molecule has 0 spiro atoms. The van der Waals surface area contributed by atoms with Gasteiger partial charge in [0.25, 0.3) is 11.8 Å². The molecule has 4 amide bonds. The lowest BCUT2D eigenvalue weighted by molar-refractivity contribution is -0.130. The van der Waals surface area contributed by atoms with E-state index in [1.54, 1.807) is 24.3 Å². The molecule has 1 saturated carbocycles. The lowest BCUT2D eigenvalue weighted by Crippen LogP contribution is -2.54. The predicted octanol–water partition coefficient (Wildman–Crippen LogP) is 1.32. The highest BCUT2D eigenvalue weighted by Gasteiger charge is 2.43. The van der Waals surface area contributed by atoms with E-state index in [2.05, 4.69) is 5.32 Å². The van der Waals surface area contributed by atoms with Crippen LogP contribution in [0.4, 0.5) is 4.79 Å². The molecule has 1 aliphatic carbocycles. The van der Waals surface area contributed by atoms with Crippen molar-refractivity contribution >= 4 is 23.9 Å². The summed E-state index contributed by atoms with van der Waals surface area (Å²) in [4.78, 5) is 37.1. The normalized spacial score (nSPS) is 20.7. The van der Waals surface area contributed by atoms with Gasteiger partial charge in [-0.05, 0) is 36.6 Å². The molecule has 1 heterocycles. The van der Waals surface area contributed by atoms with Crippen LogP contribution in [0.15, 0.2) is 29.8 Å². The van der Waals surface area contributed by atoms with Gasteiger partial charge in [0.1, 0.15) is 11.3 Å². The van der Waals surface area contributed by atoms with Crippen LogP contribution in [-0.4, -0.2) is 35.9 Å². The molecule has 0 radical (unpaired) electrons. The van der Waals surface area contributed by atoms with Gasteiger partial charge in [0.2, 0.25) is 0 Å². The number of hydrogen-bond acceptors (Lipinski definition) is 4. The third kappa shape index (κ3) is 2.52. The molecule has 1 aromatic carbocycles. The lowest BCUT2D eigenvalue weighted by atomic mass is 10.1. The van der Waals surface area contributed by atoms with Gasteiger partial charge in [0.15, 0.2) is 0 Å². The fraction of sp³-hybridized carbons (Fsp3) is 0.267. The molecule has 1 aliphatic heterocycles. The number of hydrogen-bond donors (Lipinski definition) is 1. The van der Waals surface area contributed by atoms with E-state index in [9.17, 15) is 14.4 Å². The van der Waals surface area contributed by atoms with Gasteiger partial charge in [-0.15, -0.1) is 0 Å². The first-order valence-electron chi connectivity index (χ1n) is 6.65. The minimum Gasteiger partial charge on any atom is -0.497 e. The van der Waals surface area contributed by atoms with E-state index in [1.807, 2.05) is 0 Å². The van der Waals surface area contributed by atoms with Crippen molar-refractivity contribution in [1.82, 2.24) is 10.2 Å². The van der Waals surface area contributed by atoms with Gasteiger partial charge in [-0.25, -0.2) is 4.79 Å². The zero-order valence-electron chi connectivity index (χ0n) is 11.5. The molecule has 2 fully saturated rings. The summed E-state index contributed by atoms with van der Waals surface area (Å²) < 4.78 is 5.10. The van der Waals surface area contributed by atoms with Crippen LogP contribution in [0.1, 0.15) is 18.4 Å². The molecule has 1 N–H and O–H groups in total. The Morgan fingerprint density at radius 2 is 2.05 bits per heavy atom. The van der Waals surface area contributed by atoms with Gasteiger partial charge in [-0.3, -0.25) is 19.8 Å². The summed E-state index contributed by atoms with van der Waals surface area (Å²) >= 11 is 0. The SMILES string of the molecule is COc1cccc(C=C2C(=O)NC(=O)N(C3CC3)C2=O)c1. The zero-order valence-corrected chi connectivity index (χ0v) is 11.5. The first kappa shape index (κ1) is 13.4. The molecule has 21 heavy (non-hydrogen) atoms. The fourth-order valence-electron chi connectivity index (χ4n) is 2.23. The van der Waals surface area contributed by atoms with Crippen molar-refractivity contribution in [3.05, 3.63) is 35.4 Å². The molecule has 6 heteroatoms. The molecule has 0 bridgehead atoms. The monoisotopic (exact) mass is 286 g/mol. The van der Waals surface area contributed by atoms with Crippen LogP contribution in [-0.2, 0) is 9.59 Å². The number of urea groups is 1. The molecule has 3 rings (SSSR count). The van der Waals surface area contributed by atoms with Gasteiger partial charge < -0.3 is 4.74 Å². The number of methoxy groups -OCH3 is 1. The largest absolute Gasteiger partial charge is 0.497 e. The van der Waals surface area contributed by atoms with Gasteiger partial charge >= 0.3 is 6.03 Å². The quantitative estimate of drug-likeness (QED) is 0.671. The number of rotatable bonds is 3. The molecule has 0 atom stereocenters. The Kier molecular flexibility index (Phi) is 3.21. The highest BCUT2D eigenvalue weighted by Crippen LogP contribution is 2.30. The Morgan fingerprint density at radius 1 is 1.29 bits per heavy atom.